The van der Waals surface area contributed by atoms with Crippen molar-refractivity contribution in [3.8, 4) is 5.75 Å². The molecule has 0 bridgehead atoms. The monoisotopic (exact) mass is 483 g/mol. The zero-order valence-corrected chi connectivity index (χ0v) is 20.5. The van der Waals surface area contributed by atoms with Gasteiger partial charge < -0.3 is 9.64 Å². The molecule has 2 N–H and O–H groups in total. The Morgan fingerprint density at radius 3 is 2.35 bits per heavy atom. The lowest BCUT2D eigenvalue weighted by molar-refractivity contribution is -0.127. The molecular weight excluding hydrogens is 450 g/mol. The minimum Gasteiger partial charge on any atom is -0.494 e. The number of ether oxygens (including phenoxy) is 1. The normalized spacial score (nSPS) is 12.9. The first-order valence-electron chi connectivity index (χ1n) is 11.9. The number of nitrogens with zero attached hydrogens (tertiary/aromatic N) is 1. The highest BCUT2D eigenvalue weighted by molar-refractivity contribution is 8.00. The summed E-state index contributed by atoms with van der Waals surface area (Å²) in [5.41, 5.74) is 5.75. The second-order valence-corrected chi connectivity index (χ2v) is 9.23. The van der Waals surface area contributed by atoms with Crippen LogP contribution < -0.4 is 15.6 Å². The van der Waals surface area contributed by atoms with E-state index in [1.54, 1.807) is 42.5 Å². The van der Waals surface area contributed by atoms with Crippen LogP contribution in [0.25, 0.3) is 0 Å². The fourth-order valence-corrected chi connectivity index (χ4v) is 4.60. The summed E-state index contributed by atoms with van der Waals surface area (Å²) in [5.74, 6) is 0.226. The van der Waals surface area contributed by atoms with Gasteiger partial charge in [0, 0.05) is 23.5 Å². The van der Waals surface area contributed by atoms with E-state index in [1.807, 2.05) is 11.0 Å². The molecule has 8 heteroatoms. The van der Waals surface area contributed by atoms with E-state index in [4.69, 9.17) is 4.74 Å². The fourth-order valence-electron chi connectivity index (χ4n) is 3.65. The molecule has 1 fully saturated rings. The van der Waals surface area contributed by atoms with Gasteiger partial charge in [-0.25, -0.2) is 0 Å². The minimum absolute atomic E-state index is 0.0828. The summed E-state index contributed by atoms with van der Waals surface area (Å²) in [6.07, 6.45) is 6.63. The molecule has 1 aliphatic heterocycles. The summed E-state index contributed by atoms with van der Waals surface area (Å²) in [6.45, 7) is 4.44. The molecule has 34 heavy (non-hydrogen) atoms. The molecule has 0 aromatic heterocycles. The van der Waals surface area contributed by atoms with E-state index in [2.05, 4.69) is 17.8 Å². The van der Waals surface area contributed by atoms with Gasteiger partial charge in [-0.2, -0.15) is 0 Å². The maximum Gasteiger partial charge on any atom is 0.270 e. The minimum atomic E-state index is -0.433. The van der Waals surface area contributed by atoms with E-state index in [-0.39, 0.29) is 11.7 Å². The van der Waals surface area contributed by atoms with E-state index in [0.717, 1.165) is 38.8 Å². The Hall–Kier alpha value is -3.00. The smallest absolute Gasteiger partial charge is 0.270 e. The Morgan fingerprint density at radius 1 is 0.912 bits per heavy atom. The Bertz CT molecular complexity index is 959. The van der Waals surface area contributed by atoms with Crippen molar-refractivity contribution in [2.24, 2.45) is 0 Å². The molecule has 0 unspecified atom stereocenters. The van der Waals surface area contributed by atoms with Crippen LogP contribution in [0.5, 0.6) is 5.75 Å². The van der Waals surface area contributed by atoms with Crippen molar-refractivity contribution in [2.75, 3.05) is 25.4 Å². The van der Waals surface area contributed by atoms with Crippen LogP contribution in [0.4, 0.5) is 0 Å². The molecule has 1 heterocycles. The number of nitrogens with one attached hydrogen (secondary N) is 2. The maximum absolute atomic E-state index is 12.7. The zero-order valence-electron chi connectivity index (χ0n) is 19.7. The van der Waals surface area contributed by atoms with Crippen molar-refractivity contribution in [3.05, 3.63) is 59.7 Å². The summed E-state index contributed by atoms with van der Waals surface area (Å²) >= 11 is 1.33. The fraction of sp³-hybridized carbons (Fsp3) is 0.423. The average molecular weight is 484 g/mol. The van der Waals surface area contributed by atoms with Crippen LogP contribution in [-0.4, -0.2) is 48.1 Å². The predicted molar refractivity (Wildman–Crippen MR) is 134 cm³/mol. The molecule has 7 nitrogen and oxygen atoms in total. The molecule has 2 aromatic carbocycles. The number of carbonyl (C=O) groups is 3. The highest BCUT2D eigenvalue weighted by Gasteiger charge is 2.19. The molecule has 0 atom stereocenters. The average Bonchev–Trinajstić information content (AvgIpc) is 3.41. The summed E-state index contributed by atoms with van der Waals surface area (Å²) < 4.78 is 5.70. The van der Waals surface area contributed by atoms with Gasteiger partial charge in [-0.3, -0.25) is 25.2 Å². The number of thioether (sulfide) groups is 1. The molecule has 0 spiro atoms. The largest absolute Gasteiger partial charge is 0.494 e. The van der Waals surface area contributed by atoms with Gasteiger partial charge in [0.25, 0.3) is 11.8 Å². The van der Waals surface area contributed by atoms with Crippen LogP contribution in [0.15, 0.2) is 53.4 Å². The molecule has 0 aliphatic carbocycles. The van der Waals surface area contributed by atoms with Gasteiger partial charge >= 0.3 is 0 Å². The second kappa shape index (κ2) is 13.6. The summed E-state index contributed by atoms with van der Waals surface area (Å²) in [7, 11) is 0. The highest BCUT2D eigenvalue weighted by atomic mass is 32.2. The zero-order chi connectivity index (χ0) is 24.2. The lowest BCUT2D eigenvalue weighted by atomic mass is 10.2. The summed E-state index contributed by atoms with van der Waals surface area (Å²) in [6, 6.07) is 13.9. The standard InChI is InChI=1S/C26H33N3O4S/c1-2-3-4-9-18-33-21-14-12-20(13-15-21)25(31)27-28-26(32)22-10-5-6-11-23(22)34-19-24(30)29-16-7-8-17-29/h5-6,10-15H,2-4,7-9,16-19H2,1H3,(H,27,31)(H,28,32). The number of unbranched alkanes of at least 4 members (excludes halogenated alkanes) is 3. The van der Waals surface area contributed by atoms with Crippen molar-refractivity contribution in [2.45, 2.75) is 50.3 Å². The van der Waals surface area contributed by atoms with Crippen molar-refractivity contribution >= 4 is 29.5 Å². The van der Waals surface area contributed by atoms with Crippen LogP contribution >= 0.6 is 11.8 Å². The van der Waals surface area contributed by atoms with E-state index in [0.29, 0.717) is 28.4 Å². The molecule has 1 aliphatic rings. The van der Waals surface area contributed by atoms with Gasteiger partial charge in [0.15, 0.2) is 0 Å². The SMILES string of the molecule is CCCCCCOc1ccc(C(=O)NNC(=O)c2ccccc2SCC(=O)N2CCCC2)cc1. The van der Waals surface area contributed by atoms with Gasteiger partial charge in [-0.1, -0.05) is 38.3 Å². The molecule has 2 aromatic rings. The van der Waals surface area contributed by atoms with Crippen molar-refractivity contribution in [3.63, 3.8) is 0 Å². The highest BCUT2D eigenvalue weighted by Crippen LogP contribution is 2.23. The van der Waals surface area contributed by atoms with Gasteiger partial charge in [0.05, 0.1) is 17.9 Å². The quantitative estimate of drug-likeness (QED) is 0.280. The number of hydrazine groups is 1. The molecule has 3 rings (SSSR count). The van der Waals surface area contributed by atoms with Crippen LogP contribution in [0.2, 0.25) is 0 Å². The van der Waals surface area contributed by atoms with Gasteiger partial charge in [-0.05, 0) is 55.7 Å². The van der Waals surface area contributed by atoms with Gasteiger partial charge in [0.2, 0.25) is 5.91 Å². The van der Waals surface area contributed by atoms with E-state index in [9.17, 15) is 14.4 Å². The van der Waals surface area contributed by atoms with Gasteiger partial charge in [-0.15, -0.1) is 11.8 Å². The maximum atomic E-state index is 12.7. The second-order valence-electron chi connectivity index (χ2n) is 8.21. The number of carbonyl (C=O) groups excluding carboxylic acids is 3. The molecule has 3 amide bonds. The third-order valence-electron chi connectivity index (χ3n) is 5.61. The molecule has 0 radical (unpaired) electrons. The third-order valence-corrected chi connectivity index (χ3v) is 6.67. The van der Waals surface area contributed by atoms with Crippen LogP contribution in [-0.2, 0) is 4.79 Å². The van der Waals surface area contributed by atoms with E-state index in [1.165, 1.54) is 24.6 Å². The third kappa shape index (κ3) is 7.80. The van der Waals surface area contributed by atoms with Gasteiger partial charge in [0.1, 0.15) is 5.75 Å². The molecule has 1 saturated heterocycles. The Balaban J connectivity index is 1.47. The lowest BCUT2D eigenvalue weighted by Crippen LogP contribution is -2.41. The molecule has 0 saturated carbocycles. The summed E-state index contributed by atoms with van der Waals surface area (Å²) in [5, 5.41) is 0. The Labute approximate surface area is 205 Å². The predicted octanol–water partition coefficient (Wildman–Crippen LogP) is 4.44. The summed E-state index contributed by atoms with van der Waals surface area (Å²) in [4.78, 5) is 40.0. The Morgan fingerprint density at radius 2 is 1.62 bits per heavy atom. The first kappa shape index (κ1) is 25.6. The number of benzene rings is 2. The van der Waals surface area contributed by atoms with Crippen LogP contribution in [0.3, 0.4) is 0 Å². The van der Waals surface area contributed by atoms with Crippen LogP contribution in [0, 0.1) is 0 Å². The Kier molecular flexibility index (Phi) is 10.3. The number of rotatable bonds is 11. The lowest BCUT2D eigenvalue weighted by Gasteiger charge is -2.15. The van der Waals surface area contributed by atoms with E-state index < -0.39 is 11.8 Å². The topological polar surface area (TPSA) is 87.7 Å². The van der Waals surface area contributed by atoms with Crippen molar-refractivity contribution in [1.29, 1.82) is 0 Å². The van der Waals surface area contributed by atoms with Crippen molar-refractivity contribution in [1.82, 2.24) is 15.8 Å². The van der Waals surface area contributed by atoms with Crippen molar-refractivity contribution < 1.29 is 19.1 Å². The molecule has 182 valence electrons. The number of hydrogen-bond donors (Lipinski definition) is 2. The number of likely N-dealkylation sites (tertiary alicyclic amines) is 1. The number of amides is 3. The first-order valence-corrected chi connectivity index (χ1v) is 12.9. The number of hydrogen-bond acceptors (Lipinski definition) is 5. The first-order chi connectivity index (χ1) is 16.6. The van der Waals surface area contributed by atoms with Crippen LogP contribution in [0.1, 0.15) is 66.2 Å². The molecular formula is C26H33N3O4S. The van der Waals surface area contributed by atoms with E-state index >= 15 is 0 Å².